The molecule has 0 unspecified atom stereocenters. The van der Waals surface area contributed by atoms with Crippen molar-refractivity contribution < 1.29 is 0 Å². The first-order valence-electron chi connectivity index (χ1n) is 7.31. The molecule has 1 aliphatic rings. The van der Waals surface area contributed by atoms with Crippen molar-refractivity contribution in [3.63, 3.8) is 0 Å². The largest absolute Gasteiger partial charge is 0.354 e. The summed E-state index contributed by atoms with van der Waals surface area (Å²) < 4.78 is 0. The number of nitrogens with zero attached hydrogens (tertiary/aromatic N) is 4. The Balaban J connectivity index is 1.73. The lowest BCUT2D eigenvalue weighted by Crippen LogP contribution is -2.44. The molecule has 21 heavy (non-hydrogen) atoms. The summed E-state index contributed by atoms with van der Waals surface area (Å²) in [7, 11) is 2.16. The third kappa shape index (κ3) is 3.67. The molecule has 3 rings (SSSR count). The fourth-order valence-corrected chi connectivity index (χ4v) is 2.39. The number of benzene rings is 1. The van der Waals surface area contributed by atoms with Crippen LogP contribution in [0.1, 0.15) is 11.4 Å². The van der Waals surface area contributed by atoms with E-state index in [1.807, 2.05) is 42.6 Å². The van der Waals surface area contributed by atoms with Crippen molar-refractivity contribution in [1.82, 2.24) is 14.9 Å². The zero-order valence-corrected chi connectivity index (χ0v) is 12.3. The number of rotatable bonds is 3. The first-order valence-corrected chi connectivity index (χ1v) is 7.31. The first kappa shape index (κ1) is 13.8. The SMILES string of the molecule is CN1CCN(c2ccnc(/C=C/c3ccccc3)n2)CC1. The molecular formula is C17H20N4. The molecule has 0 amide bonds. The van der Waals surface area contributed by atoms with E-state index in [0.29, 0.717) is 0 Å². The highest BCUT2D eigenvalue weighted by molar-refractivity contribution is 5.66. The van der Waals surface area contributed by atoms with Gasteiger partial charge in [0.1, 0.15) is 5.82 Å². The molecule has 1 fully saturated rings. The summed E-state index contributed by atoms with van der Waals surface area (Å²) in [5.74, 6) is 1.78. The number of likely N-dealkylation sites (N-methyl/N-ethyl adjacent to an activating group) is 1. The maximum Gasteiger partial charge on any atom is 0.154 e. The number of aromatic nitrogens is 2. The van der Waals surface area contributed by atoms with Crippen molar-refractivity contribution in [2.75, 3.05) is 38.1 Å². The number of anilines is 1. The van der Waals surface area contributed by atoms with E-state index in [1.165, 1.54) is 0 Å². The molecule has 1 aromatic heterocycles. The second kappa shape index (κ2) is 6.50. The Bertz CT molecular complexity index is 601. The molecule has 2 aromatic rings. The molecule has 108 valence electrons. The van der Waals surface area contributed by atoms with Crippen molar-refractivity contribution in [2.24, 2.45) is 0 Å². The summed E-state index contributed by atoms with van der Waals surface area (Å²) in [4.78, 5) is 13.6. The van der Waals surface area contributed by atoms with E-state index in [4.69, 9.17) is 0 Å². The second-order valence-corrected chi connectivity index (χ2v) is 5.31. The molecule has 2 heterocycles. The van der Waals surface area contributed by atoms with Crippen molar-refractivity contribution in [1.29, 1.82) is 0 Å². The van der Waals surface area contributed by atoms with Gasteiger partial charge < -0.3 is 9.80 Å². The first-order chi connectivity index (χ1) is 10.3. The van der Waals surface area contributed by atoms with Crippen LogP contribution in [0.5, 0.6) is 0 Å². The van der Waals surface area contributed by atoms with Gasteiger partial charge in [-0.2, -0.15) is 0 Å². The molecule has 0 bridgehead atoms. The van der Waals surface area contributed by atoms with Crippen molar-refractivity contribution in [3.8, 4) is 0 Å². The Kier molecular flexibility index (Phi) is 4.26. The highest BCUT2D eigenvalue weighted by Gasteiger charge is 2.15. The Morgan fingerprint density at radius 2 is 1.71 bits per heavy atom. The monoisotopic (exact) mass is 280 g/mol. The molecule has 1 saturated heterocycles. The van der Waals surface area contributed by atoms with Crippen LogP contribution in [-0.2, 0) is 0 Å². The van der Waals surface area contributed by atoms with Gasteiger partial charge in [0.05, 0.1) is 0 Å². The highest BCUT2D eigenvalue weighted by atomic mass is 15.3. The van der Waals surface area contributed by atoms with Crippen LogP contribution >= 0.6 is 0 Å². The predicted octanol–water partition coefficient (Wildman–Crippen LogP) is 2.40. The van der Waals surface area contributed by atoms with Gasteiger partial charge in [-0.1, -0.05) is 36.4 Å². The van der Waals surface area contributed by atoms with Gasteiger partial charge in [0, 0.05) is 32.4 Å². The van der Waals surface area contributed by atoms with Crippen LogP contribution in [0.3, 0.4) is 0 Å². The normalized spacial score (nSPS) is 16.5. The van der Waals surface area contributed by atoms with E-state index < -0.39 is 0 Å². The average Bonchev–Trinajstić information content (AvgIpc) is 2.55. The van der Waals surface area contributed by atoms with Crippen LogP contribution in [0.15, 0.2) is 42.6 Å². The van der Waals surface area contributed by atoms with Crippen LogP contribution in [0, 0.1) is 0 Å². The van der Waals surface area contributed by atoms with Crippen molar-refractivity contribution in [2.45, 2.75) is 0 Å². The quantitative estimate of drug-likeness (QED) is 0.864. The number of hydrogen-bond donors (Lipinski definition) is 0. The van der Waals surface area contributed by atoms with Crippen LogP contribution in [-0.4, -0.2) is 48.1 Å². The third-order valence-corrected chi connectivity index (χ3v) is 3.71. The summed E-state index contributed by atoms with van der Waals surface area (Å²) >= 11 is 0. The van der Waals surface area contributed by atoms with E-state index in [9.17, 15) is 0 Å². The molecular weight excluding hydrogens is 260 g/mol. The van der Waals surface area contributed by atoms with Gasteiger partial charge in [-0.15, -0.1) is 0 Å². The summed E-state index contributed by atoms with van der Waals surface area (Å²) in [6.45, 7) is 4.21. The topological polar surface area (TPSA) is 32.3 Å². The standard InChI is InChI=1S/C17H20N4/c1-20-11-13-21(14-12-20)17-9-10-18-16(19-17)8-7-15-5-3-2-4-6-15/h2-10H,11-14H2,1H3/b8-7+. The summed E-state index contributed by atoms with van der Waals surface area (Å²) in [5, 5.41) is 0. The molecule has 0 atom stereocenters. The molecule has 1 aliphatic heterocycles. The van der Waals surface area contributed by atoms with Gasteiger partial charge >= 0.3 is 0 Å². The van der Waals surface area contributed by atoms with E-state index in [1.54, 1.807) is 0 Å². The zero-order valence-electron chi connectivity index (χ0n) is 12.3. The third-order valence-electron chi connectivity index (χ3n) is 3.71. The zero-order chi connectivity index (χ0) is 14.5. The van der Waals surface area contributed by atoms with E-state index in [2.05, 4.69) is 38.9 Å². The molecule has 0 saturated carbocycles. The molecule has 0 N–H and O–H groups in total. The van der Waals surface area contributed by atoms with Gasteiger partial charge in [0.2, 0.25) is 0 Å². The Morgan fingerprint density at radius 1 is 0.952 bits per heavy atom. The minimum absolute atomic E-state index is 0.760. The Morgan fingerprint density at radius 3 is 2.48 bits per heavy atom. The lowest BCUT2D eigenvalue weighted by Gasteiger charge is -2.33. The smallest absolute Gasteiger partial charge is 0.154 e. The van der Waals surface area contributed by atoms with Gasteiger partial charge in [0.15, 0.2) is 5.82 Å². The summed E-state index contributed by atoms with van der Waals surface area (Å²) in [6, 6.07) is 12.2. The van der Waals surface area contributed by atoms with Crippen LogP contribution in [0.2, 0.25) is 0 Å². The van der Waals surface area contributed by atoms with E-state index in [0.717, 1.165) is 43.4 Å². The van der Waals surface area contributed by atoms with Crippen molar-refractivity contribution >= 4 is 18.0 Å². The molecule has 0 radical (unpaired) electrons. The van der Waals surface area contributed by atoms with Crippen LogP contribution < -0.4 is 4.90 Å². The predicted molar refractivity (Wildman–Crippen MR) is 87.1 cm³/mol. The molecule has 4 nitrogen and oxygen atoms in total. The summed E-state index contributed by atoms with van der Waals surface area (Å²) in [5.41, 5.74) is 1.16. The number of hydrogen-bond acceptors (Lipinski definition) is 4. The maximum absolute atomic E-state index is 4.65. The molecule has 0 spiro atoms. The maximum atomic E-state index is 4.65. The van der Waals surface area contributed by atoms with Crippen molar-refractivity contribution in [3.05, 3.63) is 54.0 Å². The Labute approximate surface area is 125 Å². The van der Waals surface area contributed by atoms with Crippen LogP contribution in [0.25, 0.3) is 12.2 Å². The lowest BCUT2D eigenvalue weighted by atomic mass is 10.2. The Hall–Kier alpha value is -2.20. The van der Waals surface area contributed by atoms with Gasteiger partial charge in [-0.05, 0) is 24.8 Å². The number of piperazine rings is 1. The average molecular weight is 280 g/mol. The minimum Gasteiger partial charge on any atom is -0.354 e. The van der Waals surface area contributed by atoms with Crippen LogP contribution in [0.4, 0.5) is 5.82 Å². The summed E-state index contributed by atoms with van der Waals surface area (Å²) in [6.07, 6.45) is 5.85. The fraction of sp³-hybridized carbons (Fsp3) is 0.294. The van der Waals surface area contributed by atoms with Gasteiger partial charge in [-0.25, -0.2) is 9.97 Å². The van der Waals surface area contributed by atoms with E-state index >= 15 is 0 Å². The molecule has 1 aromatic carbocycles. The highest BCUT2D eigenvalue weighted by Crippen LogP contribution is 2.13. The van der Waals surface area contributed by atoms with Gasteiger partial charge in [0.25, 0.3) is 0 Å². The second-order valence-electron chi connectivity index (χ2n) is 5.31. The molecule has 4 heteroatoms. The minimum atomic E-state index is 0.760. The van der Waals surface area contributed by atoms with E-state index in [-0.39, 0.29) is 0 Å². The van der Waals surface area contributed by atoms with Gasteiger partial charge in [-0.3, -0.25) is 0 Å². The fourth-order valence-electron chi connectivity index (χ4n) is 2.39. The molecule has 0 aliphatic carbocycles. The lowest BCUT2D eigenvalue weighted by molar-refractivity contribution is 0.312.